The van der Waals surface area contributed by atoms with Gasteiger partial charge in [0.2, 0.25) is 5.76 Å². The minimum absolute atomic E-state index is 0.188. The van der Waals surface area contributed by atoms with Crippen LogP contribution in [0, 0.1) is 0 Å². The molecule has 0 unspecified atom stereocenters. The maximum Gasteiger partial charge on any atom is 0.289 e. The first-order valence-corrected chi connectivity index (χ1v) is 5.37. The summed E-state index contributed by atoms with van der Waals surface area (Å²) in [5, 5.41) is 7.39. The Morgan fingerprint density at radius 2 is 2.06 bits per heavy atom. The normalized spacial score (nSPS) is 15.2. The van der Waals surface area contributed by atoms with Crippen molar-refractivity contribution in [3.8, 4) is 0 Å². The smallest absolute Gasteiger partial charge is 0.289 e. The van der Waals surface area contributed by atoms with Gasteiger partial charge in [-0.25, -0.2) is 0 Å². The summed E-state index contributed by atoms with van der Waals surface area (Å²) in [6.07, 6.45) is 0. The van der Waals surface area contributed by atoms with Gasteiger partial charge in [0.25, 0.3) is 5.91 Å². The third-order valence-electron chi connectivity index (χ3n) is 2.57. The van der Waals surface area contributed by atoms with E-state index in [1.165, 1.54) is 0 Å². The fourth-order valence-corrected chi connectivity index (χ4v) is 2.02. The molecule has 82 valence electrons. The van der Waals surface area contributed by atoms with Crippen LogP contribution in [0.4, 0.5) is 5.69 Å². The number of benzene rings is 1. The maximum atomic E-state index is 11.7. The van der Waals surface area contributed by atoms with Crippen molar-refractivity contribution >= 4 is 34.2 Å². The number of rotatable bonds is 0. The summed E-state index contributed by atoms with van der Waals surface area (Å²) < 4.78 is 5.50. The van der Waals surface area contributed by atoms with Crippen LogP contribution < -0.4 is 10.6 Å². The lowest BCUT2D eigenvalue weighted by atomic mass is 10.2. The molecule has 0 aliphatic carbocycles. The van der Waals surface area contributed by atoms with Crippen LogP contribution in [0.2, 0.25) is 5.02 Å². The molecule has 0 bridgehead atoms. The molecule has 0 atom stereocenters. The first-order valence-electron chi connectivity index (χ1n) is 5.00. The molecular weight excluding hydrogens is 228 g/mol. The second-order valence-electron chi connectivity index (χ2n) is 3.63. The van der Waals surface area contributed by atoms with Crippen molar-refractivity contribution in [1.29, 1.82) is 0 Å². The molecule has 5 heteroatoms. The van der Waals surface area contributed by atoms with Gasteiger partial charge in [0.05, 0.1) is 5.69 Å². The molecular formula is C11H9ClN2O2. The van der Waals surface area contributed by atoms with Crippen molar-refractivity contribution in [3.63, 3.8) is 0 Å². The van der Waals surface area contributed by atoms with E-state index in [4.69, 9.17) is 16.0 Å². The SMILES string of the molecule is O=C1NCCNc2c1oc1ccc(Cl)cc21. The number of halogens is 1. The molecule has 1 amide bonds. The number of fused-ring (bicyclic) bond motifs is 3. The highest BCUT2D eigenvalue weighted by molar-refractivity contribution is 6.31. The lowest BCUT2D eigenvalue weighted by Gasteiger charge is -1.99. The Bertz CT molecular complexity index is 577. The zero-order chi connectivity index (χ0) is 11.1. The van der Waals surface area contributed by atoms with Gasteiger partial charge in [-0.2, -0.15) is 0 Å². The average Bonchev–Trinajstić information content (AvgIpc) is 2.52. The Kier molecular flexibility index (Phi) is 2.04. The summed E-state index contributed by atoms with van der Waals surface area (Å²) in [6, 6.07) is 5.30. The number of carbonyl (C=O) groups excluding carboxylic acids is 1. The van der Waals surface area contributed by atoms with Crippen LogP contribution in [0.15, 0.2) is 22.6 Å². The number of anilines is 1. The van der Waals surface area contributed by atoms with Crippen LogP contribution >= 0.6 is 11.6 Å². The minimum Gasteiger partial charge on any atom is -0.449 e. The molecule has 1 aromatic heterocycles. The fraction of sp³-hybridized carbons (Fsp3) is 0.182. The molecule has 0 radical (unpaired) electrons. The summed E-state index contributed by atoms with van der Waals surface area (Å²) in [5.74, 6) is 0.141. The van der Waals surface area contributed by atoms with Crippen LogP contribution in [-0.2, 0) is 0 Å². The Balaban J connectivity index is 2.30. The zero-order valence-electron chi connectivity index (χ0n) is 8.34. The third-order valence-corrected chi connectivity index (χ3v) is 2.80. The van der Waals surface area contributed by atoms with Gasteiger partial charge in [-0.05, 0) is 18.2 Å². The van der Waals surface area contributed by atoms with E-state index in [0.717, 1.165) is 11.1 Å². The number of hydrogen-bond acceptors (Lipinski definition) is 3. The van der Waals surface area contributed by atoms with Crippen molar-refractivity contribution in [2.24, 2.45) is 0 Å². The topological polar surface area (TPSA) is 54.3 Å². The van der Waals surface area contributed by atoms with Gasteiger partial charge in [0.1, 0.15) is 5.58 Å². The maximum absolute atomic E-state index is 11.7. The number of furan rings is 1. The molecule has 3 rings (SSSR count). The highest BCUT2D eigenvalue weighted by Crippen LogP contribution is 2.33. The van der Waals surface area contributed by atoms with E-state index in [2.05, 4.69) is 10.6 Å². The van der Waals surface area contributed by atoms with Crippen LogP contribution in [0.25, 0.3) is 11.0 Å². The second kappa shape index (κ2) is 3.42. The predicted octanol–water partition coefficient (Wildman–Crippen LogP) is 2.24. The highest BCUT2D eigenvalue weighted by Gasteiger charge is 2.22. The van der Waals surface area contributed by atoms with Crippen LogP contribution in [0.5, 0.6) is 0 Å². The summed E-state index contributed by atoms with van der Waals surface area (Å²) in [4.78, 5) is 11.7. The number of hydrogen-bond donors (Lipinski definition) is 2. The summed E-state index contributed by atoms with van der Waals surface area (Å²) in [7, 11) is 0. The third kappa shape index (κ3) is 1.34. The van der Waals surface area contributed by atoms with Crippen molar-refractivity contribution in [3.05, 3.63) is 29.0 Å². The monoisotopic (exact) mass is 236 g/mol. The lowest BCUT2D eigenvalue weighted by molar-refractivity contribution is 0.0933. The molecule has 2 heterocycles. The van der Waals surface area contributed by atoms with Gasteiger partial charge in [0.15, 0.2) is 0 Å². The molecule has 0 saturated carbocycles. The molecule has 4 nitrogen and oxygen atoms in total. The van der Waals surface area contributed by atoms with Crippen LogP contribution in [0.3, 0.4) is 0 Å². The Hall–Kier alpha value is -1.68. The number of amides is 1. The van der Waals surface area contributed by atoms with Gasteiger partial charge in [0, 0.05) is 23.5 Å². The molecule has 1 aliphatic heterocycles. The Morgan fingerprint density at radius 3 is 2.94 bits per heavy atom. The van der Waals surface area contributed by atoms with E-state index >= 15 is 0 Å². The van der Waals surface area contributed by atoms with Crippen molar-refractivity contribution in [2.75, 3.05) is 18.4 Å². The number of nitrogens with one attached hydrogen (secondary N) is 2. The molecule has 0 saturated heterocycles. The average molecular weight is 237 g/mol. The molecule has 0 fully saturated rings. The van der Waals surface area contributed by atoms with E-state index in [1.54, 1.807) is 18.2 Å². The molecule has 16 heavy (non-hydrogen) atoms. The van der Waals surface area contributed by atoms with E-state index in [-0.39, 0.29) is 5.91 Å². The highest BCUT2D eigenvalue weighted by atomic mass is 35.5. The quantitative estimate of drug-likeness (QED) is 0.738. The first-order chi connectivity index (χ1) is 7.75. The first kappa shape index (κ1) is 9.54. The van der Waals surface area contributed by atoms with Gasteiger partial charge < -0.3 is 15.1 Å². The largest absolute Gasteiger partial charge is 0.449 e. The standard InChI is InChI=1S/C11H9ClN2O2/c12-6-1-2-8-7(5-6)9-10(16-8)11(15)14-4-3-13-9/h1-2,5,13H,3-4H2,(H,14,15). The fourth-order valence-electron chi connectivity index (χ4n) is 1.85. The molecule has 0 spiro atoms. The van der Waals surface area contributed by atoms with Gasteiger partial charge in [-0.1, -0.05) is 11.6 Å². The van der Waals surface area contributed by atoms with E-state index in [9.17, 15) is 4.79 Å². The Labute approximate surface area is 96.6 Å². The lowest BCUT2D eigenvalue weighted by Crippen LogP contribution is -2.24. The molecule has 2 N–H and O–H groups in total. The predicted molar refractivity (Wildman–Crippen MR) is 62.0 cm³/mol. The Morgan fingerprint density at radius 1 is 1.25 bits per heavy atom. The summed E-state index contributed by atoms with van der Waals surface area (Å²) in [6.45, 7) is 1.27. The number of carbonyl (C=O) groups is 1. The van der Waals surface area contributed by atoms with Gasteiger partial charge in [-0.3, -0.25) is 4.79 Å². The molecule has 2 aromatic rings. The van der Waals surface area contributed by atoms with Gasteiger partial charge in [-0.15, -0.1) is 0 Å². The summed E-state index contributed by atoms with van der Waals surface area (Å²) in [5.41, 5.74) is 1.39. The molecule has 1 aliphatic rings. The second-order valence-corrected chi connectivity index (χ2v) is 4.07. The van der Waals surface area contributed by atoms with Crippen molar-refractivity contribution in [2.45, 2.75) is 0 Å². The van der Waals surface area contributed by atoms with Crippen molar-refractivity contribution < 1.29 is 9.21 Å². The van der Waals surface area contributed by atoms with Crippen molar-refractivity contribution in [1.82, 2.24) is 5.32 Å². The van der Waals surface area contributed by atoms with E-state index in [0.29, 0.717) is 29.5 Å². The van der Waals surface area contributed by atoms with Crippen LogP contribution in [-0.4, -0.2) is 19.0 Å². The zero-order valence-corrected chi connectivity index (χ0v) is 9.10. The van der Waals surface area contributed by atoms with E-state index < -0.39 is 0 Å². The van der Waals surface area contributed by atoms with Gasteiger partial charge >= 0.3 is 0 Å². The molecule has 1 aromatic carbocycles. The van der Waals surface area contributed by atoms with Crippen LogP contribution in [0.1, 0.15) is 10.6 Å². The minimum atomic E-state index is -0.188. The van der Waals surface area contributed by atoms with E-state index in [1.807, 2.05) is 0 Å². The summed E-state index contributed by atoms with van der Waals surface area (Å²) >= 11 is 5.93.